The van der Waals surface area contributed by atoms with Gasteiger partial charge < -0.3 is 4.74 Å². The molecular weight excluding hydrogens is 260 g/mol. The van der Waals surface area contributed by atoms with Crippen LogP contribution in [0.1, 0.15) is 31.4 Å². The number of benzene rings is 1. The molecule has 106 valence electrons. The molecule has 0 saturated carbocycles. The maximum atomic E-state index is 14.0. The van der Waals surface area contributed by atoms with Gasteiger partial charge in [0.05, 0.1) is 6.61 Å². The van der Waals surface area contributed by atoms with Crippen molar-refractivity contribution in [2.75, 3.05) is 6.61 Å². The van der Waals surface area contributed by atoms with Crippen LogP contribution < -0.4 is 4.74 Å². The maximum absolute atomic E-state index is 14.0. The molecule has 0 aliphatic heterocycles. The number of allylic oxidation sites excluding steroid dienone is 2. The predicted molar refractivity (Wildman–Crippen MR) is 65.7 cm³/mol. The van der Waals surface area contributed by atoms with Crippen LogP contribution in [0.25, 0.3) is 0 Å². The van der Waals surface area contributed by atoms with Crippen LogP contribution in [0.2, 0.25) is 0 Å². The van der Waals surface area contributed by atoms with Crippen LogP contribution in [0.15, 0.2) is 24.3 Å². The zero-order valence-electron chi connectivity index (χ0n) is 10.9. The second-order valence-electron chi connectivity index (χ2n) is 3.95. The summed E-state index contributed by atoms with van der Waals surface area (Å²) >= 11 is 0. The lowest BCUT2D eigenvalue weighted by Crippen LogP contribution is -2.13. The molecule has 1 aromatic carbocycles. The highest BCUT2D eigenvalue weighted by Crippen LogP contribution is 2.39. The molecule has 0 radical (unpaired) electrons. The van der Waals surface area contributed by atoms with E-state index in [2.05, 4.69) is 0 Å². The summed E-state index contributed by atoms with van der Waals surface area (Å²) in [5, 5.41) is 0. The Bertz CT molecular complexity index is 449. The monoisotopic (exact) mass is 276 g/mol. The fourth-order valence-corrected chi connectivity index (χ4v) is 1.74. The summed E-state index contributed by atoms with van der Waals surface area (Å²) in [5.74, 6) is -1.69. The topological polar surface area (TPSA) is 9.23 Å². The van der Waals surface area contributed by atoms with Crippen LogP contribution in [0, 0.1) is 5.82 Å². The van der Waals surface area contributed by atoms with Gasteiger partial charge in [0.25, 0.3) is 0 Å². The normalized spacial score (nSPS) is 12.1. The third-order valence-electron chi connectivity index (χ3n) is 2.58. The fraction of sp³-hybridized carbons (Fsp3) is 0.429. The average molecular weight is 276 g/mol. The molecule has 0 amide bonds. The predicted octanol–water partition coefficient (Wildman–Crippen LogP) is 4.75. The molecule has 0 fully saturated rings. The molecular formula is C14H16F4O. The van der Waals surface area contributed by atoms with Crippen LogP contribution in [0.4, 0.5) is 17.6 Å². The van der Waals surface area contributed by atoms with Gasteiger partial charge in [-0.05, 0) is 38.3 Å². The van der Waals surface area contributed by atoms with Crippen molar-refractivity contribution in [3.8, 4) is 5.75 Å². The van der Waals surface area contributed by atoms with E-state index in [9.17, 15) is 17.6 Å². The van der Waals surface area contributed by atoms with Crippen LogP contribution in [0.3, 0.4) is 0 Å². The van der Waals surface area contributed by atoms with Crippen molar-refractivity contribution in [2.24, 2.45) is 0 Å². The van der Waals surface area contributed by atoms with Crippen molar-refractivity contribution >= 4 is 0 Å². The van der Waals surface area contributed by atoms with Gasteiger partial charge in [0.1, 0.15) is 17.1 Å². The van der Waals surface area contributed by atoms with Gasteiger partial charge in [0.2, 0.25) is 0 Å². The summed E-state index contributed by atoms with van der Waals surface area (Å²) in [5.41, 5.74) is -1.26. The van der Waals surface area contributed by atoms with Gasteiger partial charge in [-0.1, -0.05) is 18.2 Å². The molecule has 1 rings (SSSR count). The summed E-state index contributed by atoms with van der Waals surface area (Å²) in [6.45, 7) is 3.41. The molecule has 1 nitrogen and oxygen atoms in total. The zero-order valence-corrected chi connectivity index (χ0v) is 10.9. The zero-order chi connectivity index (χ0) is 14.5. The third-order valence-corrected chi connectivity index (χ3v) is 2.58. The van der Waals surface area contributed by atoms with Crippen molar-refractivity contribution in [3.63, 3.8) is 0 Å². The number of halogens is 4. The minimum Gasteiger partial charge on any atom is -0.493 e. The first-order valence-electron chi connectivity index (χ1n) is 6.04. The molecule has 0 heterocycles. The van der Waals surface area contributed by atoms with Gasteiger partial charge >= 0.3 is 6.18 Å². The quantitative estimate of drug-likeness (QED) is 0.557. The Kier molecular flexibility index (Phi) is 5.39. The first kappa shape index (κ1) is 15.5. The van der Waals surface area contributed by atoms with E-state index in [-0.39, 0.29) is 18.6 Å². The van der Waals surface area contributed by atoms with Gasteiger partial charge in [-0.15, -0.1) is 0 Å². The smallest absolute Gasteiger partial charge is 0.422 e. The molecule has 0 aliphatic carbocycles. The minimum atomic E-state index is -4.76. The van der Waals surface area contributed by atoms with E-state index in [0.717, 1.165) is 0 Å². The lowest BCUT2D eigenvalue weighted by atomic mass is 10.0. The summed E-state index contributed by atoms with van der Waals surface area (Å²) in [4.78, 5) is 0. The molecule has 0 aliphatic rings. The first-order chi connectivity index (χ1) is 8.91. The SMILES string of the molecule is C/C=C/CCc1ccc(OCC)c(C(F)(F)F)c1F. The minimum absolute atomic E-state index is 0.0499. The van der Waals surface area contributed by atoms with Crippen molar-refractivity contribution < 1.29 is 22.3 Å². The second kappa shape index (κ2) is 6.59. The van der Waals surface area contributed by atoms with Crippen LogP contribution in [-0.4, -0.2) is 6.61 Å². The van der Waals surface area contributed by atoms with Crippen molar-refractivity contribution in [2.45, 2.75) is 32.9 Å². The summed E-state index contributed by atoms with van der Waals surface area (Å²) in [7, 11) is 0. The molecule has 0 bridgehead atoms. The highest BCUT2D eigenvalue weighted by atomic mass is 19.4. The Morgan fingerprint density at radius 2 is 1.95 bits per heavy atom. The second-order valence-corrected chi connectivity index (χ2v) is 3.95. The average Bonchev–Trinajstić information content (AvgIpc) is 2.31. The van der Waals surface area contributed by atoms with E-state index in [1.165, 1.54) is 12.1 Å². The number of hydrogen-bond donors (Lipinski definition) is 0. The Morgan fingerprint density at radius 1 is 1.26 bits per heavy atom. The summed E-state index contributed by atoms with van der Waals surface area (Å²) in [6.07, 6.45) is -0.476. The molecule has 0 atom stereocenters. The molecule has 5 heteroatoms. The number of rotatable bonds is 5. The number of alkyl halides is 3. The van der Waals surface area contributed by atoms with Crippen molar-refractivity contribution in [1.29, 1.82) is 0 Å². The molecule has 0 saturated heterocycles. The molecule has 1 aromatic rings. The largest absolute Gasteiger partial charge is 0.493 e. The van der Waals surface area contributed by atoms with Crippen LogP contribution in [-0.2, 0) is 12.6 Å². The molecule has 0 spiro atoms. The Hall–Kier alpha value is -1.52. The van der Waals surface area contributed by atoms with Gasteiger partial charge in [-0.2, -0.15) is 13.2 Å². The van der Waals surface area contributed by atoms with Crippen LogP contribution >= 0.6 is 0 Å². The van der Waals surface area contributed by atoms with E-state index in [0.29, 0.717) is 6.42 Å². The van der Waals surface area contributed by atoms with Crippen molar-refractivity contribution in [1.82, 2.24) is 0 Å². The van der Waals surface area contributed by atoms with E-state index in [1.54, 1.807) is 26.0 Å². The number of hydrogen-bond acceptors (Lipinski definition) is 1. The Labute approximate surface area is 109 Å². The lowest BCUT2D eigenvalue weighted by Gasteiger charge is -2.16. The standard InChI is InChI=1S/C14H16F4O/c1-3-5-6-7-10-8-9-11(19-4-2)12(13(10)15)14(16,17)18/h3,5,8-9H,4,6-7H2,1-2H3/b5-3+. The van der Waals surface area contributed by atoms with Crippen LogP contribution in [0.5, 0.6) is 5.75 Å². The van der Waals surface area contributed by atoms with Gasteiger partial charge in [0.15, 0.2) is 0 Å². The highest BCUT2D eigenvalue weighted by Gasteiger charge is 2.38. The van der Waals surface area contributed by atoms with Gasteiger partial charge in [0, 0.05) is 0 Å². The number of ether oxygens (including phenoxy) is 1. The van der Waals surface area contributed by atoms with E-state index >= 15 is 0 Å². The highest BCUT2D eigenvalue weighted by molar-refractivity contribution is 5.41. The molecule has 0 aromatic heterocycles. The van der Waals surface area contributed by atoms with E-state index in [4.69, 9.17) is 4.74 Å². The molecule has 19 heavy (non-hydrogen) atoms. The first-order valence-corrected chi connectivity index (χ1v) is 6.04. The lowest BCUT2D eigenvalue weighted by molar-refractivity contribution is -0.141. The van der Waals surface area contributed by atoms with Crippen molar-refractivity contribution in [3.05, 3.63) is 41.2 Å². The Balaban J connectivity index is 3.17. The molecule has 0 unspecified atom stereocenters. The summed E-state index contributed by atoms with van der Waals surface area (Å²) < 4.78 is 57.4. The molecule has 0 N–H and O–H groups in total. The Morgan fingerprint density at radius 3 is 2.47 bits per heavy atom. The fourth-order valence-electron chi connectivity index (χ4n) is 1.74. The van der Waals surface area contributed by atoms with Gasteiger partial charge in [-0.25, -0.2) is 4.39 Å². The van der Waals surface area contributed by atoms with Gasteiger partial charge in [-0.3, -0.25) is 0 Å². The summed E-state index contributed by atoms with van der Waals surface area (Å²) in [6, 6.07) is 2.53. The number of aryl methyl sites for hydroxylation is 1. The van der Waals surface area contributed by atoms with E-state index < -0.39 is 23.3 Å². The van der Waals surface area contributed by atoms with E-state index in [1.807, 2.05) is 0 Å². The third kappa shape index (κ3) is 3.98. The maximum Gasteiger partial charge on any atom is 0.422 e.